The first-order valence-corrected chi connectivity index (χ1v) is 11.5. The molecule has 1 aromatic carbocycles. The molecule has 1 aromatic rings. The SMILES string of the molecule is C[C@]12CCC(=O)C=C1CC[C@@H]1[C@@H]2CC[C@]2(C)C(=O)CC[C@@H]12.Cc1ccc(C)cc1. The molecular weight excluding hydrogens is 356 g/mol. The van der Waals surface area contributed by atoms with Gasteiger partial charge in [-0.05, 0) is 81.6 Å². The largest absolute Gasteiger partial charge is 0.299 e. The van der Waals surface area contributed by atoms with Crippen LogP contribution in [0.4, 0.5) is 0 Å². The number of carbonyl (C=O) groups excluding carboxylic acids is 2. The van der Waals surface area contributed by atoms with Crippen LogP contribution in [0, 0.1) is 42.4 Å². The number of rotatable bonds is 0. The standard InChI is InChI=1S/C19H26O2.C8H10/c1-18-9-7-13(20)11-12(18)3-4-14-15-5-6-17(21)19(15,2)10-8-16(14)18;1-7-3-5-8(2)6-4-7/h11,14-16H,3-10H2,1-2H3;3-6H,1-2H3/t14-,15-,16-,18-,19-;/m0./s1. The Balaban J connectivity index is 0.000000216. The van der Waals surface area contributed by atoms with E-state index in [4.69, 9.17) is 0 Å². The summed E-state index contributed by atoms with van der Waals surface area (Å²) in [6, 6.07) is 8.48. The Morgan fingerprint density at radius 2 is 1.38 bits per heavy atom. The Bertz CT molecular complexity index is 812. The second-order valence-corrected chi connectivity index (χ2v) is 10.5. The second kappa shape index (κ2) is 7.52. The van der Waals surface area contributed by atoms with E-state index in [1.165, 1.54) is 29.5 Å². The zero-order valence-electron chi connectivity index (χ0n) is 18.6. The number of benzene rings is 1. The van der Waals surface area contributed by atoms with E-state index in [1.54, 1.807) is 0 Å². The van der Waals surface area contributed by atoms with E-state index in [2.05, 4.69) is 52.0 Å². The van der Waals surface area contributed by atoms with Gasteiger partial charge in [-0.15, -0.1) is 0 Å². The summed E-state index contributed by atoms with van der Waals surface area (Å²) >= 11 is 0. The molecule has 5 rings (SSSR count). The fourth-order valence-electron chi connectivity index (χ4n) is 6.97. The molecule has 29 heavy (non-hydrogen) atoms. The molecule has 0 saturated heterocycles. The predicted molar refractivity (Wildman–Crippen MR) is 118 cm³/mol. The molecule has 2 heteroatoms. The topological polar surface area (TPSA) is 34.1 Å². The molecule has 0 N–H and O–H groups in total. The molecule has 0 amide bonds. The molecule has 4 aliphatic rings. The monoisotopic (exact) mass is 392 g/mol. The minimum atomic E-state index is -0.0246. The second-order valence-electron chi connectivity index (χ2n) is 10.5. The van der Waals surface area contributed by atoms with Crippen LogP contribution in [0.3, 0.4) is 0 Å². The van der Waals surface area contributed by atoms with Crippen molar-refractivity contribution in [3.8, 4) is 0 Å². The van der Waals surface area contributed by atoms with Crippen molar-refractivity contribution in [1.29, 1.82) is 0 Å². The summed E-state index contributed by atoms with van der Waals surface area (Å²) in [5.41, 5.74) is 4.30. The van der Waals surface area contributed by atoms with Gasteiger partial charge in [-0.1, -0.05) is 54.8 Å². The maximum Gasteiger partial charge on any atom is 0.155 e. The highest BCUT2D eigenvalue weighted by Gasteiger charge is 2.58. The van der Waals surface area contributed by atoms with Gasteiger partial charge < -0.3 is 0 Å². The number of fused-ring (bicyclic) bond motifs is 5. The van der Waals surface area contributed by atoms with Gasteiger partial charge in [-0.25, -0.2) is 0 Å². The Labute approximate surface area is 176 Å². The fourth-order valence-corrected chi connectivity index (χ4v) is 6.97. The van der Waals surface area contributed by atoms with Crippen LogP contribution in [0.25, 0.3) is 0 Å². The number of Topliss-reactive ketones (excluding diaryl/α,β-unsaturated/α-hetero) is 1. The molecule has 0 radical (unpaired) electrons. The third-order valence-electron chi connectivity index (χ3n) is 8.89. The number of carbonyl (C=O) groups is 2. The van der Waals surface area contributed by atoms with Gasteiger partial charge in [0.1, 0.15) is 5.78 Å². The quantitative estimate of drug-likeness (QED) is 0.512. The molecule has 156 valence electrons. The molecule has 0 spiro atoms. The first-order chi connectivity index (χ1) is 13.7. The van der Waals surface area contributed by atoms with Crippen LogP contribution in [0.2, 0.25) is 0 Å². The van der Waals surface area contributed by atoms with E-state index in [0.717, 1.165) is 38.5 Å². The third kappa shape index (κ3) is 3.53. The average molecular weight is 393 g/mol. The summed E-state index contributed by atoms with van der Waals surface area (Å²) < 4.78 is 0. The molecule has 0 aliphatic heterocycles. The molecule has 0 aromatic heterocycles. The van der Waals surface area contributed by atoms with Crippen molar-refractivity contribution in [2.75, 3.05) is 0 Å². The number of ketones is 2. The predicted octanol–water partition coefficient (Wildman–Crippen LogP) is 6.39. The smallest absolute Gasteiger partial charge is 0.155 e. The molecule has 4 aliphatic carbocycles. The van der Waals surface area contributed by atoms with Crippen LogP contribution in [-0.2, 0) is 9.59 Å². The van der Waals surface area contributed by atoms with Gasteiger partial charge in [0.15, 0.2) is 5.78 Å². The minimum Gasteiger partial charge on any atom is -0.299 e. The lowest BCUT2D eigenvalue weighted by molar-refractivity contribution is -0.132. The molecule has 0 unspecified atom stereocenters. The van der Waals surface area contributed by atoms with Crippen LogP contribution < -0.4 is 0 Å². The molecule has 3 saturated carbocycles. The first-order valence-electron chi connectivity index (χ1n) is 11.5. The average Bonchev–Trinajstić information content (AvgIpc) is 3.00. The number of hydrogen-bond donors (Lipinski definition) is 0. The van der Waals surface area contributed by atoms with E-state index < -0.39 is 0 Å². The van der Waals surface area contributed by atoms with Crippen molar-refractivity contribution >= 4 is 11.6 Å². The summed E-state index contributed by atoms with van der Waals surface area (Å²) in [6.07, 6.45) is 10.2. The van der Waals surface area contributed by atoms with Crippen molar-refractivity contribution in [1.82, 2.24) is 0 Å². The highest BCUT2D eigenvalue weighted by Crippen LogP contribution is 2.64. The van der Waals surface area contributed by atoms with Crippen LogP contribution >= 0.6 is 0 Å². The molecule has 0 heterocycles. The van der Waals surface area contributed by atoms with Gasteiger partial charge in [-0.2, -0.15) is 0 Å². The van der Waals surface area contributed by atoms with Gasteiger partial charge in [0.2, 0.25) is 0 Å². The lowest BCUT2D eigenvalue weighted by Gasteiger charge is -2.56. The zero-order chi connectivity index (χ0) is 20.8. The molecule has 2 nitrogen and oxygen atoms in total. The molecular formula is C27H36O2. The van der Waals surface area contributed by atoms with Crippen molar-refractivity contribution in [3.63, 3.8) is 0 Å². The van der Waals surface area contributed by atoms with Gasteiger partial charge in [0, 0.05) is 18.3 Å². The van der Waals surface area contributed by atoms with Crippen LogP contribution in [0.5, 0.6) is 0 Å². The van der Waals surface area contributed by atoms with Crippen LogP contribution in [-0.4, -0.2) is 11.6 Å². The Morgan fingerprint density at radius 1 is 0.759 bits per heavy atom. The summed E-state index contributed by atoms with van der Waals surface area (Å²) in [5.74, 6) is 2.88. The van der Waals surface area contributed by atoms with E-state index in [9.17, 15) is 9.59 Å². The summed E-state index contributed by atoms with van der Waals surface area (Å²) in [5, 5.41) is 0. The Hall–Kier alpha value is -1.70. The van der Waals surface area contributed by atoms with Gasteiger partial charge in [0.05, 0.1) is 0 Å². The van der Waals surface area contributed by atoms with Crippen molar-refractivity contribution in [2.45, 2.75) is 79.1 Å². The maximum atomic E-state index is 12.4. The number of aryl methyl sites for hydroxylation is 2. The van der Waals surface area contributed by atoms with E-state index >= 15 is 0 Å². The van der Waals surface area contributed by atoms with Crippen LogP contribution in [0.1, 0.15) is 76.3 Å². The number of hydrogen-bond acceptors (Lipinski definition) is 2. The third-order valence-corrected chi connectivity index (χ3v) is 8.89. The molecule has 0 bridgehead atoms. The lowest BCUT2D eigenvalue weighted by Crippen LogP contribution is -2.50. The maximum absolute atomic E-state index is 12.4. The Kier molecular flexibility index (Phi) is 5.34. The molecule has 3 fully saturated rings. The van der Waals surface area contributed by atoms with Crippen molar-refractivity contribution < 1.29 is 9.59 Å². The highest BCUT2D eigenvalue weighted by molar-refractivity contribution is 5.91. The summed E-state index contributed by atoms with van der Waals surface area (Å²) in [6.45, 7) is 8.84. The highest BCUT2D eigenvalue weighted by atomic mass is 16.1. The van der Waals surface area contributed by atoms with Crippen LogP contribution in [0.15, 0.2) is 35.9 Å². The van der Waals surface area contributed by atoms with Crippen molar-refractivity contribution in [3.05, 3.63) is 47.0 Å². The first kappa shape index (κ1) is 20.6. The van der Waals surface area contributed by atoms with Gasteiger partial charge in [-0.3, -0.25) is 9.59 Å². The summed E-state index contributed by atoms with van der Waals surface area (Å²) in [4.78, 5) is 24.1. The number of allylic oxidation sites excluding steroid dienone is 1. The van der Waals surface area contributed by atoms with E-state index in [0.29, 0.717) is 29.3 Å². The van der Waals surface area contributed by atoms with E-state index in [-0.39, 0.29) is 10.8 Å². The van der Waals surface area contributed by atoms with E-state index in [1.807, 2.05) is 6.08 Å². The van der Waals surface area contributed by atoms with Gasteiger partial charge in [0.25, 0.3) is 0 Å². The minimum absolute atomic E-state index is 0.0246. The lowest BCUT2D eigenvalue weighted by atomic mass is 9.47. The fraction of sp³-hybridized carbons (Fsp3) is 0.630. The zero-order valence-corrected chi connectivity index (χ0v) is 18.6. The van der Waals surface area contributed by atoms with Crippen molar-refractivity contribution in [2.24, 2.45) is 28.6 Å². The Morgan fingerprint density at radius 3 is 2.03 bits per heavy atom. The van der Waals surface area contributed by atoms with Gasteiger partial charge >= 0.3 is 0 Å². The molecule has 5 atom stereocenters. The normalized spacial score (nSPS) is 38.2. The summed E-state index contributed by atoms with van der Waals surface area (Å²) in [7, 11) is 0.